The number of hydrogen-bond donors (Lipinski definition) is 1. The molecule has 0 unspecified atom stereocenters. The van der Waals surface area contributed by atoms with E-state index in [-0.39, 0.29) is 24.2 Å². The lowest BCUT2D eigenvalue weighted by atomic mass is 10.1. The first kappa shape index (κ1) is 23.0. The summed E-state index contributed by atoms with van der Waals surface area (Å²) in [4.78, 5) is 31.2. The van der Waals surface area contributed by atoms with Crippen molar-refractivity contribution in [3.05, 3.63) is 54.3 Å². The Bertz CT molecular complexity index is 978. The minimum atomic E-state index is -0.560. The Morgan fingerprint density at radius 3 is 2.48 bits per heavy atom. The van der Waals surface area contributed by atoms with E-state index in [2.05, 4.69) is 15.1 Å². The van der Waals surface area contributed by atoms with Gasteiger partial charge in [0, 0.05) is 32.7 Å². The van der Waals surface area contributed by atoms with Gasteiger partial charge in [0.15, 0.2) is 6.10 Å². The Morgan fingerprint density at radius 1 is 1.06 bits per heavy atom. The van der Waals surface area contributed by atoms with E-state index in [1.165, 1.54) is 11.0 Å². The van der Waals surface area contributed by atoms with Gasteiger partial charge in [-0.15, -0.1) is 0 Å². The Kier molecular flexibility index (Phi) is 7.44. The van der Waals surface area contributed by atoms with E-state index >= 15 is 0 Å². The van der Waals surface area contributed by atoms with Crippen molar-refractivity contribution in [2.45, 2.75) is 25.9 Å². The van der Waals surface area contributed by atoms with Crippen LogP contribution in [0.1, 0.15) is 19.8 Å². The van der Waals surface area contributed by atoms with Gasteiger partial charge in [-0.25, -0.2) is 4.39 Å². The molecule has 2 aliphatic heterocycles. The topological polar surface area (TPSA) is 65.1 Å². The Hall–Kier alpha value is -3.13. The number of anilines is 2. The number of carbonyl (C=O) groups is 2. The van der Waals surface area contributed by atoms with Gasteiger partial charge in [-0.1, -0.05) is 31.2 Å². The van der Waals surface area contributed by atoms with Crippen LogP contribution in [0.15, 0.2) is 48.5 Å². The number of carbonyl (C=O) groups excluding carboxylic acids is 2. The number of ether oxygens (including phenoxy) is 1. The standard InChI is InChI=1S/C25H31FN4O3/c1-2-22-25(32)30(21-10-5-6-11-23(21)33-22)18-24(31)27-12-7-13-28-14-16-29(17-15-28)20-9-4-3-8-19(20)26/h3-6,8-11,22H,2,7,12-18H2,1H3,(H,27,31)/t22-/m0/s1. The summed E-state index contributed by atoms with van der Waals surface area (Å²) in [7, 11) is 0. The average molecular weight is 455 g/mol. The molecule has 176 valence electrons. The average Bonchev–Trinajstić information content (AvgIpc) is 2.84. The van der Waals surface area contributed by atoms with Gasteiger partial charge in [0.25, 0.3) is 5.91 Å². The smallest absolute Gasteiger partial charge is 0.268 e. The lowest BCUT2D eigenvalue weighted by molar-refractivity contribution is -0.129. The van der Waals surface area contributed by atoms with Gasteiger partial charge in [0.05, 0.1) is 11.4 Å². The molecule has 0 spiro atoms. The minimum Gasteiger partial charge on any atom is -0.478 e. The maximum Gasteiger partial charge on any atom is 0.268 e. The summed E-state index contributed by atoms with van der Waals surface area (Å²) in [6.45, 7) is 6.57. The first-order valence-electron chi connectivity index (χ1n) is 11.6. The summed E-state index contributed by atoms with van der Waals surface area (Å²) in [6, 6.07) is 14.2. The monoisotopic (exact) mass is 454 g/mol. The largest absolute Gasteiger partial charge is 0.478 e. The number of piperazine rings is 1. The molecular weight excluding hydrogens is 423 g/mol. The third-order valence-corrected chi connectivity index (χ3v) is 6.18. The van der Waals surface area contributed by atoms with E-state index in [9.17, 15) is 14.0 Å². The summed E-state index contributed by atoms with van der Waals surface area (Å²) >= 11 is 0. The highest BCUT2D eigenvalue weighted by molar-refractivity contribution is 6.03. The van der Waals surface area contributed by atoms with Gasteiger partial charge in [-0.05, 0) is 43.7 Å². The highest BCUT2D eigenvalue weighted by atomic mass is 19.1. The molecule has 1 fully saturated rings. The molecule has 33 heavy (non-hydrogen) atoms. The number of rotatable bonds is 8. The third kappa shape index (κ3) is 5.45. The fourth-order valence-corrected chi connectivity index (χ4v) is 4.35. The molecule has 0 saturated carbocycles. The molecular formula is C25H31FN4O3. The maximum atomic E-state index is 14.0. The third-order valence-electron chi connectivity index (χ3n) is 6.18. The van der Waals surface area contributed by atoms with Crippen LogP contribution in [0.2, 0.25) is 0 Å². The molecule has 2 amide bonds. The Morgan fingerprint density at radius 2 is 1.76 bits per heavy atom. The second-order valence-corrected chi connectivity index (χ2v) is 8.39. The number of nitrogens with one attached hydrogen (secondary N) is 1. The van der Waals surface area contributed by atoms with Crippen molar-refractivity contribution in [2.24, 2.45) is 0 Å². The molecule has 2 aromatic carbocycles. The molecule has 8 heteroatoms. The van der Waals surface area contributed by atoms with E-state index < -0.39 is 6.10 Å². The van der Waals surface area contributed by atoms with Gasteiger partial charge in [-0.2, -0.15) is 0 Å². The molecule has 7 nitrogen and oxygen atoms in total. The number of fused-ring (bicyclic) bond motifs is 1. The molecule has 1 atom stereocenters. The highest BCUT2D eigenvalue weighted by Crippen LogP contribution is 2.34. The Labute approximate surface area is 194 Å². The van der Waals surface area contributed by atoms with Crippen molar-refractivity contribution in [3.63, 3.8) is 0 Å². The number of nitrogens with zero attached hydrogens (tertiary/aromatic N) is 3. The van der Waals surface area contributed by atoms with Crippen LogP contribution in [0.4, 0.5) is 15.8 Å². The predicted molar refractivity (Wildman–Crippen MR) is 126 cm³/mol. The summed E-state index contributed by atoms with van der Waals surface area (Å²) in [5.74, 6) is 0.0879. The number of amides is 2. The van der Waals surface area contributed by atoms with Gasteiger partial charge >= 0.3 is 0 Å². The Balaban J connectivity index is 1.20. The van der Waals surface area contributed by atoms with Gasteiger partial charge in [-0.3, -0.25) is 19.4 Å². The molecule has 2 aromatic rings. The fraction of sp³-hybridized carbons (Fsp3) is 0.440. The number of benzene rings is 2. The lowest BCUT2D eigenvalue weighted by Gasteiger charge is -2.36. The normalized spacial score (nSPS) is 18.6. The van der Waals surface area contributed by atoms with Crippen LogP contribution < -0.4 is 19.9 Å². The highest BCUT2D eigenvalue weighted by Gasteiger charge is 2.34. The van der Waals surface area contributed by atoms with Crippen LogP contribution in [0, 0.1) is 5.82 Å². The van der Waals surface area contributed by atoms with Crippen LogP contribution >= 0.6 is 0 Å². The summed E-state index contributed by atoms with van der Waals surface area (Å²) in [5.41, 5.74) is 1.30. The molecule has 0 radical (unpaired) electrons. The molecule has 0 aliphatic carbocycles. The van der Waals surface area contributed by atoms with Gasteiger partial charge in [0.2, 0.25) is 5.91 Å². The van der Waals surface area contributed by atoms with E-state index in [1.54, 1.807) is 12.1 Å². The van der Waals surface area contributed by atoms with Crippen LogP contribution in [-0.4, -0.2) is 68.6 Å². The number of para-hydroxylation sites is 3. The van der Waals surface area contributed by atoms with Crippen molar-refractivity contribution in [1.29, 1.82) is 0 Å². The quantitative estimate of drug-likeness (QED) is 0.622. The van der Waals surface area contributed by atoms with Crippen LogP contribution in [0.5, 0.6) is 5.75 Å². The zero-order chi connectivity index (χ0) is 23.2. The molecule has 4 rings (SSSR count). The zero-order valence-corrected chi connectivity index (χ0v) is 19.0. The number of halogens is 1. The number of hydrogen-bond acceptors (Lipinski definition) is 5. The van der Waals surface area contributed by atoms with Crippen LogP contribution in [0.25, 0.3) is 0 Å². The first-order valence-corrected chi connectivity index (χ1v) is 11.6. The second kappa shape index (κ2) is 10.7. The molecule has 0 bridgehead atoms. The van der Waals surface area contributed by atoms with E-state index in [4.69, 9.17) is 4.74 Å². The van der Waals surface area contributed by atoms with E-state index in [1.807, 2.05) is 37.3 Å². The summed E-state index contributed by atoms with van der Waals surface area (Å²) in [5, 5.41) is 2.94. The molecule has 0 aromatic heterocycles. The lowest BCUT2D eigenvalue weighted by Crippen LogP contribution is -2.50. The van der Waals surface area contributed by atoms with Crippen molar-refractivity contribution < 1.29 is 18.7 Å². The first-order chi connectivity index (χ1) is 16.1. The van der Waals surface area contributed by atoms with Gasteiger partial charge < -0.3 is 15.0 Å². The fourth-order valence-electron chi connectivity index (χ4n) is 4.35. The minimum absolute atomic E-state index is 0.0168. The molecule has 2 aliphatic rings. The zero-order valence-electron chi connectivity index (χ0n) is 19.0. The van der Waals surface area contributed by atoms with Crippen molar-refractivity contribution in [2.75, 3.05) is 55.6 Å². The predicted octanol–water partition coefficient (Wildman–Crippen LogP) is 2.66. The molecule has 1 saturated heterocycles. The van der Waals surface area contributed by atoms with Gasteiger partial charge in [0.1, 0.15) is 18.1 Å². The van der Waals surface area contributed by atoms with Crippen LogP contribution in [-0.2, 0) is 9.59 Å². The van der Waals surface area contributed by atoms with Crippen molar-refractivity contribution in [3.8, 4) is 5.75 Å². The van der Waals surface area contributed by atoms with Crippen molar-refractivity contribution in [1.82, 2.24) is 10.2 Å². The summed E-state index contributed by atoms with van der Waals surface area (Å²) < 4.78 is 19.7. The van der Waals surface area contributed by atoms with E-state index in [0.717, 1.165) is 39.1 Å². The van der Waals surface area contributed by atoms with Crippen molar-refractivity contribution >= 4 is 23.2 Å². The summed E-state index contributed by atoms with van der Waals surface area (Å²) in [6.07, 6.45) is 0.808. The molecule has 2 heterocycles. The van der Waals surface area contributed by atoms with Crippen LogP contribution in [0.3, 0.4) is 0 Å². The maximum absolute atomic E-state index is 14.0. The van der Waals surface area contributed by atoms with E-state index in [0.29, 0.717) is 30.1 Å². The molecule has 1 N–H and O–H groups in total. The second-order valence-electron chi connectivity index (χ2n) is 8.39. The SMILES string of the molecule is CC[C@@H]1Oc2ccccc2N(CC(=O)NCCCN2CCN(c3ccccc3F)CC2)C1=O.